The Morgan fingerprint density at radius 3 is 2.76 bits per heavy atom. The number of amides is 1. The monoisotopic (exact) mass is 288 g/mol. The standard InChI is InChI=1S/C15H20N4O2/c1-11-6-5-7-12(2)18(11)15(20)10-21-19-14-9-4-3-8-13(14)16-17-19/h3-4,8-9,11-12H,5-7,10H2,1-2H3/t11-,12-/m1/s1. The van der Waals surface area contributed by atoms with E-state index in [0.29, 0.717) is 0 Å². The van der Waals surface area contributed by atoms with Crippen LogP contribution < -0.4 is 4.84 Å². The molecule has 6 heteroatoms. The van der Waals surface area contributed by atoms with Gasteiger partial charge in [0.05, 0.1) is 0 Å². The maximum absolute atomic E-state index is 12.4. The SMILES string of the molecule is C[C@@H]1CCC[C@@H](C)N1C(=O)COn1nnc2ccccc21. The molecule has 1 aromatic heterocycles. The lowest BCUT2D eigenvalue weighted by molar-refractivity contribution is -0.142. The number of hydrogen-bond donors (Lipinski definition) is 0. The minimum absolute atomic E-state index is 0.00859. The van der Waals surface area contributed by atoms with Crippen LogP contribution in [-0.2, 0) is 4.79 Å². The molecule has 1 aliphatic heterocycles. The zero-order valence-electron chi connectivity index (χ0n) is 12.4. The van der Waals surface area contributed by atoms with Crippen LogP contribution in [0, 0.1) is 0 Å². The van der Waals surface area contributed by atoms with Crippen LogP contribution in [0.5, 0.6) is 0 Å². The molecule has 1 aromatic carbocycles. The Kier molecular flexibility index (Phi) is 3.77. The van der Waals surface area contributed by atoms with Gasteiger partial charge in [-0.1, -0.05) is 17.0 Å². The average molecular weight is 288 g/mol. The van der Waals surface area contributed by atoms with Gasteiger partial charge in [-0.3, -0.25) is 4.79 Å². The largest absolute Gasteiger partial charge is 0.385 e. The number of nitrogens with zero attached hydrogens (tertiary/aromatic N) is 4. The zero-order chi connectivity index (χ0) is 14.8. The molecule has 3 rings (SSSR count). The van der Waals surface area contributed by atoms with Crippen molar-refractivity contribution in [3.8, 4) is 0 Å². The van der Waals surface area contributed by atoms with Gasteiger partial charge in [0.15, 0.2) is 6.61 Å². The fourth-order valence-corrected chi connectivity index (χ4v) is 3.05. The Morgan fingerprint density at radius 2 is 2.00 bits per heavy atom. The first-order chi connectivity index (χ1) is 10.2. The van der Waals surface area contributed by atoms with Crippen LogP contribution in [0.15, 0.2) is 24.3 Å². The number of fused-ring (bicyclic) bond motifs is 1. The van der Waals surface area contributed by atoms with Crippen molar-refractivity contribution in [1.29, 1.82) is 0 Å². The van der Waals surface area contributed by atoms with E-state index in [9.17, 15) is 4.79 Å². The fraction of sp³-hybridized carbons (Fsp3) is 0.533. The average Bonchev–Trinajstić information content (AvgIpc) is 2.88. The molecule has 6 nitrogen and oxygen atoms in total. The van der Waals surface area contributed by atoms with E-state index in [0.717, 1.165) is 23.9 Å². The van der Waals surface area contributed by atoms with E-state index in [1.54, 1.807) is 0 Å². The molecule has 112 valence electrons. The molecule has 1 amide bonds. The number of aromatic nitrogens is 3. The Labute approximate surface area is 123 Å². The molecule has 2 aromatic rings. The van der Waals surface area contributed by atoms with Crippen molar-refractivity contribution in [3.63, 3.8) is 0 Å². The maximum atomic E-state index is 12.4. The lowest BCUT2D eigenvalue weighted by Gasteiger charge is -2.38. The van der Waals surface area contributed by atoms with E-state index < -0.39 is 0 Å². The minimum atomic E-state index is -0.0119. The minimum Gasteiger partial charge on any atom is -0.385 e. The predicted octanol–water partition coefficient (Wildman–Crippen LogP) is 1.65. The zero-order valence-corrected chi connectivity index (χ0v) is 12.4. The molecule has 0 bridgehead atoms. The number of carbonyl (C=O) groups is 1. The lowest BCUT2D eigenvalue weighted by Crippen LogP contribution is -2.49. The number of carbonyl (C=O) groups excluding carboxylic acids is 1. The molecule has 0 radical (unpaired) electrons. The van der Waals surface area contributed by atoms with Gasteiger partial charge in [-0.2, -0.15) is 0 Å². The van der Waals surface area contributed by atoms with E-state index in [2.05, 4.69) is 24.2 Å². The van der Waals surface area contributed by atoms with Gasteiger partial charge in [-0.25, -0.2) is 0 Å². The first kappa shape index (κ1) is 13.9. The van der Waals surface area contributed by atoms with Crippen molar-refractivity contribution < 1.29 is 9.63 Å². The smallest absolute Gasteiger partial charge is 0.263 e. The third kappa shape index (κ3) is 2.70. The highest BCUT2D eigenvalue weighted by Crippen LogP contribution is 2.22. The molecule has 2 atom stereocenters. The van der Waals surface area contributed by atoms with Crippen molar-refractivity contribution in [2.24, 2.45) is 0 Å². The van der Waals surface area contributed by atoms with E-state index in [4.69, 9.17) is 4.84 Å². The number of benzene rings is 1. The summed E-state index contributed by atoms with van der Waals surface area (Å²) in [6.45, 7) is 4.18. The van der Waals surface area contributed by atoms with Crippen LogP contribution in [-0.4, -0.2) is 44.7 Å². The molecule has 1 aliphatic rings. The highest BCUT2D eigenvalue weighted by Gasteiger charge is 2.29. The molecule has 0 spiro atoms. The second kappa shape index (κ2) is 5.71. The van der Waals surface area contributed by atoms with Gasteiger partial charge in [-0.15, -0.1) is 5.10 Å². The van der Waals surface area contributed by atoms with Crippen LogP contribution in [0.2, 0.25) is 0 Å². The summed E-state index contributed by atoms with van der Waals surface area (Å²) in [5.41, 5.74) is 1.52. The molecular formula is C15H20N4O2. The number of piperidine rings is 1. The van der Waals surface area contributed by atoms with Crippen molar-refractivity contribution in [2.75, 3.05) is 6.61 Å². The molecule has 1 saturated heterocycles. The molecule has 2 heterocycles. The second-order valence-corrected chi connectivity index (χ2v) is 5.65. The van der Waals surface area contributed by atoms with Gasteiger partial charge >= 0.3 is 0 Å². The topological polar surface area (TPSA) is 60.2 Å². The van der Waals surface area contributed by atoms with Gasteiger partial charge in [0.2, 0.25) is 0 Å². The third-order valence-corrected chi connectivity index (χ3v) is 4.11. The highest BCUT2D eigenvalue weighted by atomic mass is 16.7. The summed E-state index contributed by atoms with van der Waals surface area (Å²) in [4.78, 5) is 21.2. The first-order valence-corrected chi connectivity index (χ1v) is 7.41. The van der Waals surface area contributed by atoms with E-state index in [1.807, 2.05) is 29.2 Å². The molecule has 0 N–H and O–H groups in total. The van der Waals surface area contributed by atoms with Gasteiger partial charge in [0, 0.05) is 12.1 Å². The Balaban J connectivity index is 1.68. The van der Waals surface area contributed by atoms with E-state index in [-0.39, 0.29) is 24.6 Å². The quantitative estimate of drug-likeness (QED) is 0.861. The highest BCUT2D eigenvalue weighted by molar-refractivity contribution is 5.78. The Bertz CT molecular complexity index is 629. The van der Waals surface area contributed by atoms with Crippen molar-refractivity contribution in [1.82, 2.24) is 20.1 Å². The van der Waals surface area contributed by atoms with Crippen LogP contribution in [0.1, 0.15) is 33.1 Å². The summed E-state index contributed by atoms with van der Waals surface area (Å²) in [6, 6.07) is 8.06. The molecular weight excluding hydrogens is 268 g/mol. The maximum Gasteiger partial charge on any atom is 0.263 e. The van der Waals surface area contributed by atoms with Crippen LogP contribution in [0.4, 0.5) is 0 Å². The van der Waals surface area contributed by atoms with Gasteiger partial charge < -0.3 is 9.74 Å². The van der Waals surface area contributed by atoms with Gasteiger partial charge in [0.25, 0.3) is 5.91 Å². The Hall–Kier alpha value is -2.11. The normalized spacial score (nSPS) is 22.5. The van der Waals surface area contributed by atoms with Crippen molar-refractivity contribution in [2.45, 2.75) is 45.2 Å². The summed E-state index contributed by atoms with van der Waals surface area (Å²) < 4.78 is 0. The van der Waals surface area contributed by atoms with Crippen LogP contribution in [0.3, 0.4) is 0 Å². The summed E-state index contributed by atoms with van der Waals surface area (Å²) >= 11 is 0. The summed E-state index contributed by atoms with van der Waals surface area (Å²) in [6.07, 6.45) is 3.30. The van der Waals surface area contributed by atoms with Crippen LogP contribution >= 0.6 is 0 Å². The molecule has 21 heavy (non-hydrogen) atoms. The number of hydrogen-bond acceptors (Lipinski definition) is 4. The fourth-order valence-electron chi connectivity index (χ4n) is 3.05. The van der Waals surface area contributed by atoms with Gasteiger partial charge in [0.1, 0.15) is 11.0 Å². The predicted molar refractivity (Wildman–Crippen MR) is 78.6 cm³/mol. The van der Waals surface area contributed by atoms with Crippen molar-refractivity contribution in [3.05, 3.63) is 24.3 Å². The molecule has 0 aliphatic carbocycles. The Morgan fingerprint density at radius 1 is 1.29 bits per heavy atom. The van der Waals surface area contributed by atoms with E-state index >= 15 is 0 Å². The summed E-state index contributed by atoms with van der Waals surface area (Å²) in [5.74, 6) is 0.00859. The summed E-state index contributed by atoms with van der Waals surface area (Å²) in [7, 11) is 0. The van der Waals surface area contributed by atoms with Gasteiger partial charge in [-0.05, 0) is 50.5 Å². The van der Waals surface area contributed by atoms with E-state index in [1.165, 1.54) is 11.3 Å². The number of para-hydroxylation sites is 1. The molecule has 1 fully saturated rings. The van der Waals surface area contributed by atoms with Crippen molar-refractivity contribution >= 4 is 16.9 Å². The lowest BCUT2D eigenvalue weighted by atomic mass is 9.97. The summed E-state index contributed by atoms with van der Waals surface area (Å²) in [5, 5.41) is 7.93. The molecule has 0 saturated carbocycles. The third-order valence-electron chi connectivity index (χ3n) is 4.11. The first-order valence-electron chi connectivity index (χ1n) is 7.41. The second-order valence-electron chi connectivity index (χ2n) is 5.65. The number of rotatable bonds is 3. The van der Waals surface area contributed by atoms with Crippen LogP contribution in [0.25, 0.3) is 11.0 Å². The number of likely N-dealkylation sites (tertiary alicyclic amines) is 1. The molecule has 0 unspecified atom stereocenters.